The van der Waals surface area contributed by atoms with Gasteiger partial charge < -0.3 is 19.5 Å². The van der Waals surface area contributed by atoms with Crippen molar-refractivity contribution in [3.8, 4) is 5.75 Å². The van der Waals surface area contributed by atoms with E-state index in [1.165, 1.54) is 0 Å². The molecule has 1 amide bonds. The van der Waals surface area contributed by atoms with Gasteiger partial charge in [0, 0.05) is 18.2 Å². The van der Waals surface area contributed by atoms with E-state index in [4.69, 9.17) is 26.2 Å². The number of aliphatic hydroxyl groups is 1. The molecule has 1 N–H and O–H groups in total. The van der Waals surface area contributed by atoms with Crippen LogP contribution in [0.5, 0.6) is 5.75 Å². The Balaban J connectivity index is 1.76. The number of cyclic esters (lactones) is 1. The van der Waals surface area contributed by atoms with E-state index < -0.39 is 0 Å². The molecule has 0 spiro atoms. The number of carbonyl (C=O) groups is 1. The SMILES string of the molecule is O=C1OC(COc2cccc(Cl)c2)CN1CCCCO. The van der Waals surface area contributed by atoms with Gasteiger partial charge in [-0.25, -0.2) is 4.79 Å². The number of hydrogen-bond donors (Lipinski definition) is 1. The zero-order valence-corrected chi connectivity index (χ0v) is 11.9. The van der Waals surface area contributed by atoms with Gasteiger partial charge in [-0.3, -0.25) is 0 Å². The summed E-state index contributed by atoms with van der Waals surface area (Å²) in [5, 5.41) is 9.33. The van der Waals surface area contributed by atoms with E-state index in [0.717, 1.165) is 6.42 Å². The van der Waals surface area contributed by atoms with Crippen molar-refractivity contribution in [3.05, 3.63) is 29.3 Å². The third-order valence-electron chi connectivity index (χ3n) is 3.02. The first-order valence-corrected chi connectivity index (χ1v) is 7.01. The smallest absolute Gasteiger partial charge is 0.410 e. The van der Waals surface area contributed by atoms with Gasteiger partial charge in [-0.15, -0.1) is 0 Å². The Morgan fingerprint density at radius 1 is 1.45 bits per heavy atom. The minimum Gasteiger partial charge on any atom is -0.490 e. The van der Waals surface area contributed by atoms with Crippen molar-refractivity contribution >= 4 is 17.7 Å². The highest BCUT2D eigenvalue weighted by Crippen LogP contribution is 2.19. The average molecular weight is 300 g/mol. The third kappa shape index (κ3) is 4.28. The Labute approximate surface area is 123 Å². The first-order valence-electron chi connectivity index (χ1n) is 6.64. The fraction of sp³-hybridized carbons (Fsp3) is 0.500. The lowest BCUT2D eigenvalue weighted by molar-refractivity contribution is 0.102. The van der Waals surface area contributed by atoms with Crippen molar-refractivity contribution in [2.24, 2.45) is 0 Å². The lowest BCUT2D eigenvalue weighted by Gasteiger charge is -2.12. The van der Waals surface area contributed by atoms with Crippen LogP contribution in [0.4, 0.5) is 4.79 Å². The average Bonchev–Trinajstić information content (AvgIpc) is 2.78. The standard InChI is InChI=1S/C14H18ClNO4/c15-11-4-3-5-12(8-11)19-10-13-9-16(14(18)20-13)6-1-2-7-17/h3-5,8,13,17H,1-2,6-7,9-10H2. The zero-order chi connectivity index (χ0) is 14.4. The molecule has 1 unspecified atom stereocenters. The molecule has 1 fully saturated rings. The van der Waals surface area contributed by atoms with E-state index in [9.17, 15) is 4.79 Å². The van der Waals surface area contributed by atoms with E-state index in [1.807, 2.05) is 6.07 Å². The predicted molar refractivity (Wildman–Crippen MR) is 75.1 cm³/mol. The molecule has 0 radical (unpaired) electrons. The van der Waals surface area contributed by atoms with Gasteiger partial charge in [0.1, 0.15) is 12.4 Å². The van der Waals surface area contributed by atoms with E-state index in [0.29, 0.717) is 36.9 Å². The Hall–Kier alpha value is -1.46. The molecule has 0 aliphatic carbocycles. The Morgan fingerprint density at radius 3 is 3.05 bits per heavy atom. The molecule has 1 heterocycles. The maximum Gasteiger partial charge on any atom is 0.410 e. The first kappa shape index (κ1) is 14.9. The van der Waals surface area contributed by atoms with Gasteiger partial charge in [0.2, 0.25) is 0 Å². The number of halogens is 1. The van der Waals surface area contributed by atoms with Gasteiger partial charge in [0.15, 0.2) is 6.10 Å². The molecule has 0 aromatic heterocycles. The minimum absolute atomic E-state index is 0.143. The molecule has 0 saturated carbocycles. The molecule has 20 heavy (non-hydrogen) atoms. The summed E-state index contributed by atoms with van der Waals surface area (Å²) >= 11 is 5.86. The number of aliphatic hydroxyl groups excluding tert-OH is 1. The molecule has 1 atom stereocenters. The van der Waals surface area contributed by atoms with Crippen LogP contribution in [0.3, 0.4) is 0 Å². The van der Waals surface area contributed by atoms with Crippen molar-refractivity contribution in [2.75, 3.05) is 26.3 Å². The Kier molecular flexibility index (Phi) is 5.49. The molecule has 1 aromatic carbocycles. The Bertz CT molecular complexity index is 455. The molecular formula is C14H18ClNO4. The molecular weight excluding hydrogens is 282 g/mol. The van der Waals surface area contributed by atoms with Crippen molar-refractivity contribution in [3.63, 3.8) is 0 Å². The lowest BCUT2D eigenvalue weighted by atomic mass is 10.3. The molecule has 1 aromatic rings. The number of benzene rings is 1. The monoisotopic (exact) mass is 299 g/mol. The zero-order valence-electron chi connectivity index (χ0n) is 11.1. The summed E-state index contributed by atoms with van der Waals surface area (Å²) < 4.78 is 10.8. The van der Waals surface area contributed by atoms with Crippen LogP contribution in [0.2, 0.25) is 5.02 Å². The van der Waals surface area contributed by atoms with E-state index in [2.05, 4.69) is 0 Å². The van der Waals surface area contributed by atoms with Gasteiger partial charge in [0.25, 0.3) is 0 Å². The highest BCUT2D eigenvalue weighted by Gasteiger charge is 2.31. The molecule has 0 bridgehead atoms. The van der Waals surface area contributed by atoms with Gasteiger partial charge >= 0.3 is 6.09 Å². The number of ether oxygens (including phenoxy) is 2. The van der Waals surface area contributed by atoms with Crippen LogP contribution in [0, 0.1) is 0 Å². The predicted octanol–water partition coefficient (Wildman–Crippen LogP) is 2.31. The molecule has 1 aliphatic rings. The summed E-state index contributed by atoms with van der Waals surface area (Å²) in [4.78, 5) is 13.2. The van der Waals surface area contributed by atoms with Crippen molar-refractivity contribution in [2.45, 2.75) is 18.9 Å². The van der Waals surface area contributed by atoms with Crippen LogP contribution >= 0.6 is 11.6 Å². The van der Waals surface area contributed by atoms with Crippen LogP contribution in [0.1, 0.15) is 12.8 Å². The highest BCUT2D eigenvalue weighted by molar-refractivity contribution is 6.30. The summed E-state index contributed by atoms with van der Waals surface area (Å²) in [7, 11) is 0. The topological polar surface area (TPSA) is 59.0 Å². The summed E-state index contributed by atoms with van der Waals surface area (Å²) in [5.74, 6) is 0.660. The Morgan fingerprint density at radius 2 is 2.30 bits per heavy atom. The second kappa shape index (κ2) is 7.36. The maximum atomic E-state index is 11.6. The fourth-order valence-corrected chi connectivity index (χ4v) is 2.18. The number of amides is 1. The van der Waals surface area contributed by atoms with Gasteiger partial charge in [0.05, 0.1) is 6.54 Å². The van der Waals surface area contributed by atoms with E-state index >= 15 is 0 Å². The van der Waals surface area contributed by atoms with Crippen LogP contribution < -0.4 is 4.74 Å². The number of nitrogens with zero attached hydrogens (tertiary/aromatic N) is 1. The summed E-state index contributed by atoms with van der Waals surface area (Å²) in [6, 6.07) is 7.10. The van der Waals surface area contributed by atoms with Crippen molar-refractivity contribution in [1.82, 2.24) is 4.90 Å². The number of carbonyl (C=O) groups excluding carboxylic acids is 1. The van der Waals surface area contributed by atoms with Gasteiger partial charge in [-0.1, -0.05) is 17.7 Å². The normalized spacial score (nSPS) is 18.2. The second-order valence-corrected chi connectivity index (χ2v) is 5.09. The van der Waals surface area contributed by atoms with Gasteiger partial charge in [-0.2, -0.15) is 0 Å². The van der Waals surface area contributed by atoms with Crippen LogP contribution in [0.25, 0.3) is 0 Å². The van der Waals surface area contributed by atoms with Crippen molar-refractivity contribution < 1.29 is 19.4 Å². The summed E-state index contributed by atoms with van der Waals surface area (Å²) in [5.41, 5.74) is 0. The quantitative estimate of drug-likeness (QED) is 0.785. The molecule has 1 saturated heterocycles. The molecule has 1 aliphatic heterocycles. The van der Waals surface area contributed by atoms with Gasteiger partial charge in [-0.05, 0) is 31.0 Å². The van der Waals surface area contributed by atoms with E-state index in [1.54, 1.807) is 23.1 Å². The van der Waals surface area contributed by atoms with Crippen molar-refractivity contribution in [1.29, 1.82) is 0 Å². The summed E-state index contributed by atoms with van der Waals surface area (Å²) in [6.45, 7) is 1.57. The minimum atomic E-state index is -0.317. The van der Waals surface area contributed by atoms with E-state index in [-0.39, 0.29) is 18.8 Å². The highest BCUT2D eigenvalue weighted by atomic mass is 35.5. The molecule has 5 nitrogen and oxygen atoms in total. The molecule has 2 rings (SSSR count). The molecule has 110 valence electrons. The molecule has 6 heteroatoms. The lowest BCUT2D eigenvalue weighted by Crippen LogP contribution is -2.28. The fourth-order valence-electron chi connectivity index (χ4n) is 2.00. The number of hydrogen-bond acceptors (Lipinski definition) is 4. The first-order chi connectivity index (χ1) is 9.69. The summed E-state index contributed by atoms with van der Waals surface area (Å²) in [6.07, 6.45) is 0.874. The maximum absolute atomic E-state index is 11.6. The number of rotatable bonds is 7. The largest absolute Gasteiger partial charge is 0.490 e. The van der Waals surface area contributed by atoms with Crippen LogP contribution in [0.15, 0.2) is 24.3 Å². The third-order valence-corrected chi connectivity index (χ3v) is 3.25. The van der Waals surface area contributed by atoms with Crippen LogP contribution in [-0.2, 0) is 4.74 Å². The number of unbranched alkanes of at least 4 members (excludes halogenated alkanes) is 1. The second-order valence-electron chi connectivity index (χ2n) is 4.65. The van der Waals surface area contributed by atoms with Crippen LogP contribution in [-0.4, -0.2) is 48.5 Å².